The molecule has 2 aliphatic rings. The van der Waals surface area contributed by atoms with E-state index >= 15 is 0 Å². The first-order valence-electron chi connectivity index (χ1n) is 13.3. The Morgan fingerprint density at radius 1 is 0.854 bits per heavy atom. The summed E-state index contributed by atoms with van der Waals surface area (Å²) in [5.74, 6) is -0.979. The third kappa shape index (κ3) is 6.32. The number of hydrogen-bond donors (Lipinski definition) is 0. The second-order valence-electron chi connectivity index (χ2n) is 11.2. The number of carbonyl (C=O) groups excluding carboxylic acids is 2. The molecule has 0 bridgehead atoms. The minimum Gasteiger partial charge on any atom is -0.378 e. The Hall–Kier alpha value is -3.28. The molecule has 2 aliphatic heterocycles. The van der Waals surface area contributed by atoms with Gasteiger partial charge in [-0.1, -0.05) is 24.3 Å². The fourth-order valence-corrected chi connectivity index (χ4v) is 5.63. The Bertz CT molecular complexity index is 1260. The van der Waals surface area contributed by atoms with E-state index in [1.807, 2.05) is 31.2 Å². The number of ether oxygens (including phenoxy) is 1. The summed E-state index contributed by atoms with van der Waals surface area (Å²) in [6.07, 6.45) is -10.1. The van der Waals surface area contributed by atoms with Crippen LogP contribution in [0.3, 0.4) is 0 Å². The van der Waals surface area contributed by atoms with E-state index in [4.69, 9.17) is 4.74 Å². The minimum absolute atomic E-state index is 0.0497. The Kier molecular flexibility index (Phi) is 8.37. The molecule has 0 aliphatic carbocycles. The van der Waals surface area contributed by atoms with Gasteiger partial charge in [0.25, 0.3) is 0 Å². The van der Waals surface area contributed by atoms with Crippen LogP contribution < -0.4 is 0 Å². The van der Waals surface area contributed by atoms with E-state index in [9.17, 15) is 35.9 Å². The van der Waals surface area contributed by atoms with Gasteiger partial charge in [-0.15, -0.1) is 0 Å². The van der Waals surface area contributed by atoms with Crippen molar-refractivity contribution >= 4 is 11.9 Å². The monoisotopic (exact) mass is 585 g/mol. The number of aryl methyl sites for hydroxylation is 1. The zero-order valence-corrected chi connectivity index (χ0v) is 23.3. The summed E-state index contributed by atoms with van der Waals surface area (Å²) in [4.78, 5) is 32.0. The molecular weight excluding hydrogens is 552 g/mol. The lowest BCUT2D eigenvalue weighted by Gasteiger charge is -2.36. The summed E-state index contributed by atoms with van der Waals surface area (Å²) in [7, 11) is 1.49. The van der Waals surface area contributed by atoms with Gasteiger partial charge in [-0.2, -0.15) is 26.3 Å². The van der Waals surface area contributed by atoms with Crippen molar-refractivity contribution in [3.05, 3.63) is 70.3 Å². The fourth-order valence-electron chi connectivity index (χ4n) is 5.63. The Morgan fingerprint density at radius 2 is 1.39 bits per heavy atom. The summed E-state index contributed by atoms with van der Waals surface area (Å²) in [6.45, 7) is 6.66. The summed E-state index contributed by atoms with van der Waals surface area (Å²) >= 11 is 0. The zero-order chi connectivity index (χ0) is 30.3. The number of hydrogen-bond acceptors (Lipinski definition) is 3. The Balaban J connectivity index is 1.69. The molecule has 1 unspecified atom stereocenters. The fraction of sp³-hybridized carbons (Fsp3) is 0.517. The van der Waals surface area contributed by atoms with Crippen molar-refractivity contribution in [1.29, 1.82) is 0 Å². The van der Waals surface area contributed by atoms with Crippen LogP contribution in [-0.4, -0.2) is 79.1 Å². The number of alkyl halides is 6. The Morgan fingerprint density at radius 3 is 1.93 bits per heavy atom. The maximum atomic E-state index is 13.9. The third-order valence-corrected chi connectivity index (χ3v) is 8.09. The van der Waals surface area contributed by atoms with Gasteiger partial charge in [-0.3, -0.25) is 4.79 Å². The number of rotatable bonds is 4. The molecule has 0 radical (unpaired) electrons. The normalized spacial score (nSPS) is 20.3. The lowest BCUT2D eigenvalue weighted by molar-refractivity contribution is -0.144. The standard InChI is InChI=1S/C29H33F6N3O3/c1-18-7-5-6-8-22(18)23-16-38(26(40)37-9-11-41-12-10-37)17-24(23)36(4)25(39)27(2,3)19-13-20(28(30,31)32)15-21(14-19)29(33,34)35/h5-8,13-15,23-24H,9-12,16-17H2,1-4H3/t23?,24-/m1/s1. The summed E-state index contributed by atoms with van der Waals surface area (Å²) in [5.41, 5.74) is -3.25. The van der Waals surface area contributed by atoms with Gasteiger partial charge in [0, 0.05) is 39.1 Å². The zero-order valence-electron chi connectivity index (χ0n) is 23.3. The number of halogens is 6. The van der Waals surface area contributed by atoms with Crippen molar-refractivity contribution in [2.45, 2.75) is 50.5 Å². The van der Waals surface area contributed by atoms with E-state index in [1.54, 1.807) is 9.80 Å². The van der Waals surface area contributed by atoms with Gasteiger partial charge in [0.2, 0.25) is 5.91 Å². The molecule has 2 aromatic carbocycles. The van der Waals surface area contributed by atoms with Gasteiger partial charge in [0.15, 0.2) is 0 Å². The number of nitrogens with zero attached hydrogens (tertiary/aromatic N) is 3. The topological polar surface area (TPSA) is 53.1 Å². The molecule has 41 heavy (non-hydrogen) atoms. The summed E-state index contributed by atoms with van der Waals surface area (Å²) in [6, 6.07) is 8.00. The molecule has 0 spiro atoms. The number of benzene rings is 2. The first-order chi connectivity index (χ1) is 19.0. The van der Waals surface area contributed by atoms with Crippen molar-refractivity contribution in [3.63, 3.8) is 0 Å². The smallest absolute Gasteiger partial charge is 0.378 e. The van der Waals surface area contributed by atoms with Crippen molar-refractivity contribution in [2.24, 2.45) is 0 Å². The molecule has 4 rings (SSSR count). The van der Waals surface area contributed by atoms with E-state index in [1.165, 1.54) is 25.8 Å². The largest absolute Gasteiger partial charge is 0.416 e. The van der Waals surface area contributed by atoms with E-state index in [2.05, 4.69) is 0 Å². The molecule has 2 heterocycles. The number of likely N-dealkylation sites (tertiary alicyclic amines) is 1. The van der Waals surface area contributed by atoms with E-state index < -0.39 is 46.4 Å². The predicted octanol–water partition coefficient (Wildman–Crippen LogP) is 5.69. The van der Waals surface area contributed by atoms with Crippen LogP contribution >= 0.6 is 0 Å². The molecule has 12 heteroatoms. The number of amides is 3. The van der Waals surface area contributed by atoms with E-state index in [-0.39, 0.29) is 24.6 Å². The van der Waals surface area contributed by atoms with E-state index in [0.29, 0.717) is 45.0 Å². The van der Waals surface area contributed by atoms with Crippen LogP contribution in [0.15, 0.2) is 42.5 Å². The SMILES string of the molecule is Cc1ccccc1C1CN(C(=O)N2CCOCC2)C[C@H]1N(C)C(=O)C(C)(C)c1cc(C(F)(F)F)cc(C(F)(F)F)c1. The molecule has 2 aromatic rings. The lowest BCUT2D eigenvalue weighted by Crippen LogP contribution is -2.50. The maximum Gasteiger partial charge on any atom is 0.416 e. The second-order valence-corrected chi connectivity index (χ2v) is 11.2. The van der Waals surface area contributed by atoms with Crippen LogP contribution in [0, 0.1) is 6.92 Å². The highest BCUT2D eigenvalue weighted by molar-refractivity contribution is 5.88. The number of morpholine rings is 1. The molecule has 6 nitrogen and oxygen atoms in total. The van der Waals surface area contributed by atoms with Crippen LogP contribution in [0.4, 0.5) is 31.1 Å². The summed E-state index contributed by atoms with van der Waals surface area (Å²) in [5, 5.41) is 0. The van der Waals surface area contributed by atoms with Crippen molar-refractivity contribution in [1.82, 2.24) is 14.7 Å². The average molecular weight is 586 g/mol. The van der Waals surface area contributed by atoms with Crippen molar-refractivity contribution in [3.8, 4) is 0 Å². The first-order valence-corrected chi connectivity index (χ1v) is 13.3. The minimum atomic E-state index is -5.04. The van der Waals surface area contributed by atoms with Crippen LogP contribution in [0.25, 0.3) is 0 Å². The van der Waals surface area contributed by atoms with E-state index in [0.717, 1.165) is 11.1 Å². The third-order valence-electron chi connectivity index (χ3n) is 8.09. The first kappa shape index (κ1) is 30.7. The van der Waals surface area contributed by atoms with Crippen molar-refractivity contribution in [2.75, 3.05) is 46.4 Å². The van der Waals surface area contributed by atoms with Gasteiger partial charge in [-0.25, -0.2) is 4.79 Å². The average Bonchev–Trinajstić information content (AvgIpc) is 3.36. The van der Waals surface area contributed by atoms with Crippen molar-refractivity contribution < 1.29 is 40.7 Å². The number of urea groups is 1. The van der Waals surface area contributed by atoms with Gasteiger partial charge < -0.3 is 19.4 Å². The predicted molar refractivity (Wildman–Crippen MR) is 139 cm³/mol. The second kappa shape index (κ2) is 11.2. The number of carbonyl (C=O) groups is 2. The lowest BCUT2D eigenvalue weighted by atomic mass is 9.80. The van der Waals surface area contributed by atoms with Gasteiger partial charge in [0.05, 0.1) is 35.8 Å². The molecule has 2 fully saturated rings. The molecule has 0 saturated carbocycles. The highest BCUT2D eigenvalue weighted by Gasteiger charge is 2.46. The molecule has 2 atom stereocenters. The molecule has 2 saturated heterocycles. The molecule has 0 aromatic heterocycles. The quantitative estimate of drug-likeness (QED) is 0.434. The van der Waals surface area contributed by atoms with Gasteiger partial charge >= 0.3 is 18.4 Å². The van der Waals surface area contributed by atoms with Gasteiger partial charge in [-0.05, 0) is 55.7 Å². The molecule has 3 amide bonds. The highest BCUT2D eigenvalue weighted by atomic mass is 19.4. The molecule has 224 valence electrons. The maximum absolute atomic E-state index is 13.9. The Labute approximate surface area is 234 Å². The van der Waals surface area contributed by atoms with Gasteiger partial charge in [0.1, 0.15) is 0 Å². The van der Waals surface area contributed by atoms with Crippen LogP contribution in [-0.2, 0) is 27.3 Å². The summed E-state index contributed by atoms with van der Waals surface area (Å²) < 4.78 is 86.7. The molecule has 0 N–H and O–H groups in total. The van der Waals surface area contributed by atoms with Crippen LogP contribution in [0.1, 0.15) is 47.6 Å². The highest BCUT2D eigenvalue weighted by Crippen LogP contribution is 2.41. The van der Waals surface area contributed by atoms with Crippen LogP contribution in [0.5, 0.6) is 0 Å². The number of likely N-dealkylation sites (N-methyl/N-ethyl adjacent to an activating group) is 1. The van der Waals surface area contributed by atoms with Crippen LogP contribution in [0.2, 0.25) is 0 Å². The molecular formula is C29H33F6N3O3.